The molecule has 0 saturated heterocycles. The molecule has 104 valence electrons. The van der Waals surface area contributed by atoms with Gasteiger partial charge in [0.25, 0.3) is 0 Å². The van der Waals surface area contributed by atoms with Crippen molar-refractivity contribution in [2.24, 2.45) is 0 Å². The van der Waals surface area contributed by atoms with E-state index in [0.29, 0.717) is 18.1 Å². The number of nitrogens with two attached hydrogens (primary N) is 1. The van der Waals surface area contributed by atoms with Crippen LogP contribution in [0.15, 0.2) is 6.33 Å². The highest BCUT2D eigenvalue weighted by Crippen LogP contribution is 2.36. The molecule has 2 rings (SSSR count). The predicted octanol–water partition coefficient (Wildman–Crippen LogP) is 1.74. The minimum atomic E-state index is 0.0542. The average Bonchev–Trinajstić information content (AvgIpc) is 2.95. The maximum Gasteiger partial charge on any atom is 0.197 e. The van der Waals surface area contributed by atoms with Crippen LogP contribution in [0.2, 0.25) is 0 Å². The number of hydrogen-bond acceptors (Lipinski definition) is 7. The summed E-state index contributed by atoms with van der Waals surface area (Å²) in [6.07, 6.45) is 1.77. The van der Waals surface area contributed by atoms with E-state index < -0.39 is 0 Å². The number of anilines is 2. The lowest BCUT2D eigenvalue weighted by Crippen LogP contribution is -2.10. The van der Waals surface area contributed by atoms with Gasteiger partial charge in [0.15, 0.2) is 22.4 Å². The number of rotatable bonds is 6. The molecule has 0 aliphatic rings. The molecule has 0 saturated carbocycles. The Morgan fingerprint density at radius 3 is 3.00 bits per heavy atom. The number of hydrogen-bond donors (Lipinski definition) is 2. The third kappa shape index (κ3) is 3.14. The first-order valence-electron chi connectivity index (χ1n) is 6.14. The van der Waals surface area contributed by atoms with Crippen molar-refractivity contribution in [2.45, 2.75) is 40.0 Å². The molecule has 8 heteroatoms. The molecule has 19 heavy (non-hydrogen) atoms. The van der Waals surface area contributed by atoms with Crippen molar-refractivity contribution in [2.75, 3.05) is 11.1 Å². The summed E-state index contributed by atoms with van der Waals surface area (Å²) >= 11 is 1.28. The van der Waals surface area contributed by atoms with E-state index >= 15 is 0 Å². The zero-order valence-electron chi connectivity index (χ0n) is 11.3. The minimum Gasteiger partial charge on any atom is -0.484 e. The first-order chi connectivity index (χ1) is 9.11. The lowest BCUT2D eigenvalue weighted by molar-refractivity contribution is 0.245. The summed E-state index contributed by atoms with van der Waals surface area (Å²) in [5.74, 6) is 1.89. The minimum absolute atomic E-state index is 0.0542. The molecule has 0 aromatic carbocycles. The zero-order valence-corrected chi connectivity index (χ0v) is 12.1. The van der Waals surface area contributed by atoms with Crippen molar-refractivity contribution in [1.29, 1.82) is 0 Å². The highest BCUT2D eigenvalue weighted by Gasteiger charge is 2.15. The molecule has 2 heterocycles. The van der Waals surface area contributed by atoms with Gasteiger partial charge in [-0.3, -0.25) is 0 Å². The molecule has 0 radical (unpaired) electrons. The van der Waals surface area contributed by atoms with Gasteiger partial charge in [-0.05, 0) is 32.3 Å². The van der Waals surface area contributed by atoms with Crippen molar-refractivity contribution in [1.82, 2.24) is 19.1 Å². The van der Waals surface area contributed by atoms with E-state index in [4.69, 9.17) is 10.5 Å². The molecular weight excluding hydrogens is 264 g/mol. The number of nitrogens with zero attached hydrogens (tertiary/aromatic N) is 4. The van der Waals surface area contributed by atoms with Crippen molar-refractivity contribution < 1.29 is 4.74 Å². The van der Waals surface area contributed by atoms with E-state index in [2.05, 4.69) is 19.9 Å². The summed E-state index contributed by atoms with van der Waals surface area (Å²) in [6, 6.07) is 0. The van der Waals surface area contributed by atoms with Gasteiger partial charge in [0.2, 0.25) is 0 Å². The third-order valence-corrected chi connectivity index (χ3v) is 3.27. The quantitative estimate of drug-likeness (QED) is 0.838. The van der Waals surface area contributed by atoms with Crippen molar-refractivity contribution in [3.8, 4) is 5.75 Å². The number of aryl methyl sites for hydroxylation is 1. The summed E-state index contributed by atoms with van der Waals surface area (Å²) < 4.78 is 11.7. The van der Waals surface area contributed by atoms with Gasteiger partial charge in [-0.15, -0.1) is 10.2 Å². The molecule has 0 aliphatic heterocycles. The molecule has 0 atom stereocenters. The fourth-order valence-electron chi connectivity index (χ4n) is 1.60. The first-order valence-corrected chi connectivity index (χ1v) is 6.91. The van der Waals surface area contributed by atoms with Crippen LogP contribution in [-0.4, -0.2) is 25.2 Å². The molecule has 0 spiro atoms. The molecule has 2 aromatic heterocycles. The number of nitrogens with one attached hydrogen (secondary N) is 1. The van der Waals surface area contributed by atoms with Crippen LogP contribution < -0.4 is 15.8 Å². The smallest absolute Gasteiger partial charge is 0.197 e. The van der Waals surface area contributed by atoms with Crippen molar-refractivity contribution in [3.05, 3.63) is 12.2 Å². The molecule has 0 bridgehead atoms. The van der Waals surface area contributed by atoms with E-state index in [-0.39, 0.29) is 6.10 Å². The molecule has 7 nitrogen and oxygen atoms in total. The summed E-state index contributed by atoms with van der Waals surface area (Å²) in [5.41, 5.74) is 5.80. The number of nitrogen functional groups attached to an aromatic ring is 1. The zero-order chi connectivity index (χ0) is 13.8. The van der Waals surface area contributed by atoms with E-state index in [0.717, 1.165) is 17.4 Å². The van der Waals surface area contributed by atoms with Crippen molar-refractivity contribution >= 4 is 22.4 Å². The molecule has 0 fully saturated rings. The van der Waals surface area contributed by atoms with Gasteiger partial charge in [-0.1, -0.05) is 0 Å². The normalized spacial score (nSPS) is 10.9. The van der Waals surface area contributed by atoms with Gasteiger partial charge in [0.05, 0.1) is 12.6 Å². The Labute approximate surface area is 116 Å². The fourth-order valence-corrected chi connectivity index (χ4v) is 2.24. The fraction of sp³-hybridized carbons (Fsp3) is 0.545. The number of ether oxygens (including phenoxy) is 1. The second-order valence-electron chi connectivity index (χ2n) is 4.28. The van der Waals surface area contributed by atoms with Crippen LogP contribution in [0.4, 0.5) is 10.8 Å². The summed E-state index contributed by atoms with van der Waals surface area (Å²) in [6.45, 7) is 7.35. The largest absolute Gasteiger partial charge is 0.484 e. The van der Waals surface area contributed by atoms with Gasteiger partial charge >= 0.3 is 0 Å². The Bertz CT molecular complexity index is 535. The van der Waals surface area contributed by atoms with Crippen LogP contribution >= 0.6 is 11.5 Å². The predicted molar refractivity (Wildman–Crippen MR) is 75.3 cm³/mol. The van der Waals surface area contributed by atoms with E-state index in [1.165, 1.54) is 11.5 Å². The van der Waals surface area contributed by atoms with Crippen LogP contribution in [-0.2, 0) is 13.1 Å². The molecular formula is C11H18N6OS. The Balaban J connectivity index is 2.07. The van der Waals surface area contributed by atoms with Gasteiger partial charge in [0, 0.05) is 6.54 Å². The topological polar surface area (TPSA) is 90.9 Å². The lowest BCUT2D eigenvalue weighted by Gasteiger charge is -2.11. The maximum atomic E-state index is 5.80. The number of aromatic nitrogens is 4. The molecule has 0 unspecified atom stereocenters. The molecule has 0 aliphatic carbocycles. The second-order valence-corrected chi connectivity index (χ2v) is 5.05. The van der Waals surface area contributed by atoms with Gasteiger partial charge in [-0.2, -0.15) is 4.37 Å². The Morgan fingerprint density at radius 1 is 1.53 bits per heavy atom. The SMILES string of the molecule is CCn1cnnc1CNc1snc(N)c1OC(C)C. The lowest BCUT2D eigenvalue weighted by atomic mass is 10.4. The highest BCUT2D eigenvalue weighted by molar-refractivity contribution is 7.11. The van der Waals surface area contributed by atoms with Gasteiger partial charge in [-0.25, -0.2) is 0 Å². The Hall–Kier alpha value is -1.83. The second kappa shape index (κ2) is 5.87. The molecule has 3 N–H and O–H groups in total. The van der Waals surface area contributed by atoms with Crippen LogP contribution in [0, 0.1) is 0 Å². The van der Waals surface area contributed by atoms with Crippen LogP contribution in [0.25, 0.3) is 0 Å². The first kappa shape index (κ1) is 13.6. The summed E-state index contributed by atoms with van der Waals surface area (Å²) in [4.78, 5) is 0. The average molecular weight is 282 g/mol. The van der Waals surface area contributed by atoms with Crippen molar-refractivity contribution in [3.63, 3.8) is 0 Å². The molecule has 0 amide bonds. The summed E-state index contributed by atoms with van der Waals surface area (Å²) in [7, 11) is 0. The van der Waals surface area contributed by atoms with Crippen LogP contribution in [0.3, 0.4) is 0 Å². The third-order valence-electron chi connectivity index (χ3n) is 2.47. The Kier molecular flexibility index (Phi) is 4.20. The Morgan fingerprint density at radius 2 is 2.32 bits per heavy atom. The van der Waals surface area contributed by atoms with Crippen LogP contribution in [0.1, 0.15) is 26.6 Å². The molecule has 2 aromatic rings. The monoisotopic (exact) mass is 282 g/mol. The maximum absolute atomic E-state index is 5.80. The van der Waals surface area contributed by atoms with E-state index in [1.54, 1.807) is 6.33 Å². The van der Waals surface area contributed by atoms with E-state index in [9.17, 15) is 0 Å². The highest BCUT2D eigenvalue weighted by atomic mass is 32.1. The van der Waals surface area contributed by atoms with Gasteiger partial charge < -0.3 is 20.4 Å². The van der Waals surface area contributed by atoms with Gasteiger partial charge in [0.1, 0.15) is 6.33 Å². The van der Waals surface area contributed by atoms with E-state index in [1.807, 2.05) is 25.3 Å². The van der Waals surface area contributed by atoms with Crippen LogP contribution in [0.5, 0.6) is 5.75 Å². The standard InChI is InChI=1S/C11H18N6OS/c1-4-17-6-14-15-8(17)5-13-11-9(18-7(2)3)10(12)16-19-11/h6-7,13H,4-5H2,1-3H3,(H2,12,16). The summed E-state index contributed by atoms with van der Waals surface area (Å²) in [5, 5.41) is 12.0.